The zero-order valence-corrected chi connectivity index (χ0v) is 12.8. The number of carbonyl (C=O) groups is 1. The number of hydrogen-bond acceptors (Lipinski definition) is 4. The fraction of sp³-hybridized carbons (Fsp3) is 0. The molecule has 0 amide bonds. The third kappa shape index (κ3) is 2.54. The molecule has 0 saturated heterocycles. The molecule has 4 aromatic rings. The number of ketones is 1. The maximum Gasteiger partial charge on any atom is 0.213 e. The third-order valence-corrected chi connectivity index (χ3v) is 3.74. The Morgan fingerprint density at radius 2 is 1.46 bits per heavy atom. The quantitative estimate of drug-likeness (QED) is 0.538. The molecule has 2 aromatic carbocycles. The van der Waals surface area contributed by atoms with Crippen LogP contribution in [0.25, 0.3) is 22.4 Å². The number of pyridine rings is 1. The molecular weight excluding hydrogens is 298 g/mol. The molecule has 4 heteroatoms. The molecule has 0 aliphatic rings. The summed E-state index contributed by atoms with van der Waals surface area (Å²) >= 11 is 0. The van der Waals surface area contributed by atoms with Crippen molar-refractivity contribution >= 4 is 16.9 Å². The van der Waals surface area contributed by atoms with Crippen molar-refractivity contribution in [2.24, 2.45) is 0 Å². The molecule has 0 unspecified atom stereocenters. The van der Waals surface area contributed by atoms with E-state index in [4.69, 9.17) is 0 Å². The van der Waals surface area contributed by atoms with Crippen LogP contribution >= 0.6 is 0 Å². The highest BCUT2D eigenvalue weighted by molar-refractivity contribution is 6.11. The summed E-state index contributed by atoms with van der Waals surface area (Å²) in [7, 11) is 0. The van der Waals surface area contributed by atoms with Crippen LogP contribution in [0.1, 0.15) is 16.1 Å². The average molecular weight is 311 g/mol. The molecule has 4 nitrogen and oxygen atoms in total. The van der Waals surface area contributed by atoms with E-state index in [1.165, 1.54) is 0 Å². The van der Waals surface area contributed by atoms with Crippen molar-refractivity contribution in [2.45, 2.75) is 0 Å². The molecule has 0 bridgehead atoms. The fourth-order valence-corrected chi connectivity index (χ4v) is 2.58. The average Bonchev–Trinajstić information content (AvgIpc) is 2.68. The third-order valence-electron chi connectivity index (χ3n) is 3.74. The van der Waals surface area contributed by atoms with Crippen molar-refractivity contribution in [3.63, 3.8) is 0 Å². The molecule has 2 aromatic heterocycles. The van der Waals surface area contributed by atoms with Gasteiger partial charge in [-0.05, 0) is 12.1 Å². The predicted molar refractivity (Wildman–Crippen MR) is 92.6 cm³/mol. The molecule has 114 valence electrons. The molecular formula is C20H13N3O. The first-order valence-corrected chi connectivity index (χ1v) is 7.61. The van der Waals surface area contributed by atoms with Gasteiger partial charge in [0.25, 0.3) is 0 Å². The van der Waals surface area contributed by atoms with Crippen LogP contribution in [0.4, 0.5) is 0 Å². The molecule has 0 aliphatic carbocycles. The largest absolute Gasteiger partial charge is 0.287 e. The van der Waals surface area contributed by atoms with E-state index in [0.29, 0.717) is 28.1 Å². The smallest absolute Gasteiger partial charge is 0.213 e. The van der Waals surface area contributed by atoms with E-state index in [1.807, 2.05) is 54.6 Å². The van der Waals surface area contributed by atoms with E-state index < -0.39 is 0 Å². The summed E-state index contributed by atoms with van der Waals surface area (Å²) in [5.41, 5.74) is 3.46. The Bertz CT molecular complexity index is 1010. The first kappa shape index (κ1) is 14.2. The number of carbonyl (C=O) groups excluding carboxylic acids is 1. The molecule has 24 heavy (non-hydrogen) atoms. The van der Waals surface area contributed by atoms with Crippen LogP contribution in [0.2, 0.25) is 0 Å². The Balaban J connectivity index is 1.97. The monoisotopic (exact) mass is 311 g/mol. The van der Waals surface area contributed by atoms with Crippen LogP contribution in [0.15, 0.2) is 79.0 Å². The van der Waals surface area contributed by atoms with E-state index in [2.05, 4.69) is 15.0 Å². The lowest BCUT2D eigenvalue weighted by molar-refractivity contribution is 0.103. The standard InChI is InChI=1S/C20H13N3O/c24-19(15-10-5-2-6-11-15)18-17(14-8-3-1-4-9-14)23-20-16(22-18)12-7-13-21-20/h1-13H. The Hall–Kier alpha value is -3.40. The van der Waals surface area contributed by atoms with Gasteiger partial charge in [0.05, 0.1) is 0 Å². The second-order valence-corrected chi connectivity index (χ2v) is 5.33. The van der Waals surface area contributed by atoms with Crippen LogP contribution in [0, 0.1) is 0 Å². The number of fused-ring (bicyclic) bond motifs is 1. The van der Waals surface area contributed by atoms with Gasteiger partial charge in [0, 0.05) is 17.3 Å². The minimum atomic E-state index is -0.146. The Morgan fingerprint density at radius 1 is 0.750 bits per heavy atom. The first-order chi connectivity index (χ1) is 11.8. The summed E-state index contributed by atoms with van der Waals surface area (Å²) in [5, 5.41) is 0. The van der Waals surface area contributed by atoms with Gasteiger partial charge < -0.3 is 0 Å². The fourth-order valence-electron chi connectivity index (χ4n) is 2.58. The van der Waals surface area contributed by atoms with Gasteiger partial charge in [-0.25, -0.2) is 15.0 Å². The van der Waals surface area contributed by atoms with Gasteiger partial charge in [-0.15, -0.1) is 0 Å². The molecule has 0 fully saturated rings. The predicted octanol–water partition coefficient (Wildman–Crippen LogP) is 3.92. The Kier molecular flexibility index (Phi) is 3.56. The zero-order valence-electron chi connectivity index (χ0n) is 12.8. The zero-order chi connectivity index (χ0) is 16.4. The molecule has 2 heterocycles. The van der Waals surface area contributed by atoms with E-state index >= 15 is 0 Å². The van der Waals surface area contributed by atoms with Crippen molar-refractivity contribution in [3.8, 4) is 11.3 Å². The minimum absolute atomic E-state index is 0.146. The van der Waals surface area contributed by atoms with E-state index in [-0.39, 0.29) is 5.78 Å². The summed E-state index contributed by atoms with van der Waals surface area (Å²) < 4.78 is 0. The van der Waals surface area contributed by atoms with Crippen LogP contribution < -0.4 is 0 Å². The molecule has 0 saturated carbocycles. The van der Waals surface area contributed by atoms with Gasteiger partial charge >= 0.3 is 0 Å². The van der Waals surface area contributed by atoms with Gasteiger partial charge in [-0.1, -0.05) is 60.7 Å². The van der Waals surface area contributed by atoms with Crippen molar-refractivity contribution in [3.05, 3.63) is 90.3 Å². The lowest BCUT2D eigenvalue weighted by atomic mass is 10.0. The second-order valence-electron chi connectivity index (χ2n) is 5.33. The first-order valence-electron chi connectivity index (χ1n) is 7.61. The topological polar surface area (TPSA) is 55.7 Å². The van der Waals surface area contributed by atoms with Gasteiger partial charge in [0.2, 0.25) is 5.78 Å². The highest BCUT2D eigenvalue weighted by atomic mass is 16.1. The number of rotatable bonds is 3. The number of nitrogens with zero attached hydrogens (tertiary/aromatic N) is 3. The van der Waals surface area contributed by atoms with Gasteiger partial charge in [0.1, 0.15) is 16.9 Å². The molecule has 0 N–H and O–H groups in total. The molecule has 0 spiro atoms. The SMILES string of the molecule is O=C(c1ccccc1)c1nc2cccnc2nc1-c1ccccc1. The molecule has 0 radical (unpaired) electrons. The van der Waals surface area contributed by atoms with Crippen molar-refractivity contribution in [2.75, 3.05) is 0 Å². The Labute approximate surface area is 138 Å². The van der Waals surface area contributed by atoms with E-state index in [0.717, 1.165) is 5.56 Å². The molecule has 0 atom stereocenters. The number of benzene rings is 2. The summed E-state index contributed by atoms with van der Waals surface area (Å²) in [6.45, 7) is 0. The highest BCUT2D eigenvalue weighted by Gasteiger charge is 2.19. The highest BCUT2D eigenvalue weighted by Crippen LogP contribution is 2.24. The van der Waals surface area contributed by atoms with Gasteiger partial charge in [-0.3, -0.25) is 4.79 Å². The summed E-state index contributed by atoms with van der Waals surface area (Å²) in [5.74, 6) is -0.146. The maximum atomic E-state index is 13.0. The van der Waals surface area contributed by atoms with Crippen molar-refractivity contribution in [1.29, 1.82) is 0 Å². The van der Waals surface area contributed by atoms with Crippen LogP contribution in [0.5, 0.6) is 0 Å². The van der Waals surface area contributed by atoms with Gasteiger partial charge in [0.15, 0.2) is 5.65 Å². The van der Waals surface area contributed by atoms with Crippen molar-refractivity contribution < 1.29 is 4.79 Å². The number of hydrogen-bond donors (Lipinski definition) is 0. The summed E-state index contributed by atoms with van der Waals surface area (Å²) in [4.78, 5) is 26.4. The van der Waals surface area contributed by atoms with E-state index in [9.17, 15) is 4.79 Å². The van der Waals surface area contributed by atoms with Crippen LogP contribution in [-0.4, -0.2) is 20.7 Å². The minimum Gasteiger partial charge on any atom is -0.287 e. The number of aromatic nitrogens is 3. The maximum absolute atomic E-state index is 13.0. The van der Waals surface area contributed by atoms with E-state index in [1.54, 1.807) is 24.4 Å². The molecule has 4 rings (SSSR count). The van der Waals surface area contributed by atoms with Crippen LogP contribution in [-0.2, 0) is 0 Å². The summed E-state index contributed by atoms with van der Waals surface area (Å²) in [6, 6.07) is 22.3. The second kappa shape index (κ2) is 6.01. The molecule has 0 aliphatic heterocycles. The normalized spacial score (nSPS) is 10.7. The lowest BCUT2D eigenvalue weighted by Crippen LogP contribution is -2.09. The van der Waals surface area contributed by atoms with Crippen molar-refractivity contribution in [1.82, 2.24) is 15.0 Å². The van der Waals surface area contributed by atoms with Gasteiger partial charge in [-0.2, -0.15) is 0 Å². The lowest BCUT2D eigenvalue weighted by Gasteiger charge is -2.09. The van der Waals surface area contributed by atoms with Crippen LogP contribution in [0.3, 0.4) is 0 Å². The Morgan fingerprint density at radius 3 is 2.21 bits per heavy atom. The summed E-state index contributed by atoms with van der Waals surface area (Å²) in [6.07, 6.45) is 1.67.